The average molecular weight is 211 g/mol. The van der Waals surface area contributed by atoms with Gasteiger partial charge in [0.1, 0.15) is 0 Å². The number of nitrogens with one attached hydrogen (secondary N) is 1. The first-order valence-electron chi connectivity index (χ1n) is 5.19. The Hall–Kier alpha value is -0.380. The molecule has 2 nitrogen and oxygen atoms in total. The Morgan fingerprint density at radius 1 is 1.71 bits per heavy atom. The quantitative estimate of drug-likeness (QED) is 0.823. The van der Waals surface area contributed by atoms with Crippen LogP contribution < -0.4 is 5.32 Å². The molecule has 0 amide bonds. The summed E-state index contributed by atoms with van der Waals surface area (Å²) in [5.74, 6) is 0. The molecule has 0 aliphatic carbocycles. The zero-order valence-corrected chi connectivity index (χ0v) is 9.35. The van der Waals surface area contributed by atoms with Gasteiger partial charge in [-0.15, -0.1) is 0 Å². The summed E-state index contributed by atoms with van der Waals surface area (Å²) in [7, 11) is 0. The number of hydrogen-bond donors (Lipinski definition) is 1. The van der Waals surface area contributed by atoms with E-state index in [1.165, 1.54) is 5.56 Å². The zero-order chi connectivity index (χ0) is 9.80. The van der Waals surface area contributed by atoms with Gasteiger partial charge in [0.15, 0.2) is 0 Å². The van der Waals surface area contributed by atoms with Gasteiger partial charge in [0.05, 0.1) is 6.61 Å². The molecule has 1 aromatic rings. The van der Waals surface area contributed by atoms with Gasteiger partial charge < -0.3 is 10.1 Å². The molecule has 78 valence electrons. The molecule has 1 aromatic heterocycles. The summed E-state index contributed by atoms with van der Waals surface area (Å²) in [6.07, 6.45) is 2.29. The van der Waals surface area contributed by atoms with Crippen LogP contribution in [0, 0.1) is 0 Å². The van der Waals surface area contributed by atoms with Crippen LogP contribution in [-0.4, -0.2) is 25.3 Å². The first-order valence-corrected chi connectivity index (χ1v) is 6.14. The van der Waals surface area contributed by atoms with E-state index in [0.717, 1.165) is 26.1 Å². The van der Waals surface area contributed by atoms with Crippen LogP contribution >= 0.6 is 11.3 Å². The summed E-state index contributed by atoms with van der Waals surface area (Å²) in [5, 5.41) is 7.96. The summed E-state index contributed by atoms with van der Waals surface area (Å²) in [6.45, 7) is 4.05. The Bertz CT molecular complexity index is 254. The van der Waals surface area contributed by atoms with Crippen molar-refractivity contribution >= 4 is 11.3 Å². The summed E-state index contributed by atoms with van der Waals surface area (Å²) in [5.41, 5.74) is 1.44. The smallest absolute Gasteiger partial charge is 0.0620 e. The van der Waals surface area contributed by atoms with E-state index >= 15 is 0 Å². The minimum absolute atomic E-state index is 0.552. The van der Waals surface area contributed by atoms with Gasteiger partial charge in [0.2, 0.25) is 0 Å². The van der Waals surface area contributed by atoms with Crippen molar-refractivity contribution in [2.75, 3.05) is 13.2 Å². The molecule has 1 aliphatic heterocycles. The van der Waals surface area contributed by atoms with Crippen molar-refractivity contribution in [2.24, 2.45) is 0 Å². The molecule has 2 heterocycles. The first-order chi connectivity index (χ1) is 6.84. The molecule has 0 bridgehead atoms. The molecule has 2 atom stereocenters. The molecule has 1 saturated heterocycles. The second-order valence-corrected chi connectivity index (χ2v) is 4.74. The molecular formula is C11H17NOS. The Labute approximate surface area is 89.3 Å². The SMILES string of the molecule is CC(Cc1ccsc1)NC1CCOC1. The maximum atomic E-state index is 5.33. The fourth-order valence-electron chi connectivity index (χ4n) is 1.89. The molecule has 0 saturated carbocycles. The lowest BCUT2D eigenvalue weighted by molar-refractivity contribution is 0.188. The van der Waals surface area contributed by atoms with Crippen molar-refractivity contribution < 1.29 is 4.74 Å². The maximum absolute atomic E-state index is 5.33. The number of hydrogen-bond acceptors (Lipinski definition) is 3. The molecule has 1 fully saturated rings. The van der Waals surface area contributed by atoms with Crippen molar-refractivity contribution in [2.45, 2.75) is 31.8 Å². The number of ether oxygens (including phenoxy) is 1. The highest BCUT2D eigenvalue weighted by molar-refractivity contribution is 7.07. The van der Waals surface area contributed by atoms with Gasteiger partial charge in [0.25, 0.3) is 0 Å². The van der Waals surface area contributed by atoms with E-state index in [-0.39, 0.29) is 0 Å². The minimum atomic E-state index is 0.552. The molecule has 2 unspecified atom stereocenters. The highest BCUT2D eigenvalue weighted by Crippen LogP contribution is 2.10. The van der Waals surface area contributed by atoms with E-state index in [1.807, 2.05) is 0 Å². The van der Waals surface area contributed by atoms with Gasteiger partial charge in [-0.3, -0.25) is 0 Å². The van der Waals surface area contributed by atoms with Crippen LogP contribution in [0.15, 0.2) is 16.8 Å². The van der Waals surface area contributed by atoms with Crippen LogP contribution in [0.2, 0.25) is 0 Å². The second-order valence-electron chi connectivity index (χ2n) is 3.96. The average Bonchev–Trinajstić information content (AvgIpc) is 2.76. The van der Waals surface area contributed by atoms with E-state index < -0.39 is 0 Å². The molecular weight excluding hydrogens is 194 g/mol. The Kier molecular flexibility index (Phi) is 3.56. The van der Waals surface area contributed by atoms with Crippen molar-refractivity contribution in [1.29, 1.82) is 0 Å². The van der Waals surface area contributed by atoms with Crippen LogP contribution in [0.1, 0.15) is 18.9 Å². The normalized spacial score (nSPS) is 23.9. The summed E-state index contributed by atoms with van der Waals surface area (Å²) in [6, 6.07) is 3.33. The largest absolute Gasteiger partial charge is 0.380 e. The van der Waals surface area contributed by atoms with Gasteiger partial charge in [-0.25, -0.2) is 0 Å². The lowest BCUT2D eigenvalue weighted by Gasteiger charge is -2.17. The second kappa shape index (κ2) is 4.91. The van der Waals surface area contributed by atoms with Gasteiger partial charge in [-0.1, -0.05) is 0 Å². The van der Waals surface area contributed by atoms with E-state index in [4.69, 9.17) is 4.74 Å². The van der Waals surface area contributed by atoms with E-state index in [2.05, 4.69) is 29.1 Å². The Morgan fingerprint density at radius 3 is 3.29 bits per heavy atom. The summed E-state index contributed by atoms with van der Waals surface area (Å²) < 4.78 is 5.33. The van der Waals surface area contributed by atoms with Crippen LogP contribution in [-0.2, 0) is 11.2 Å². The van der Waals surface area contributed by atoms with Gasteiger partial charge in [-0.2, -0.15) is 11.3 Å². The van der Waals surface area contributed by atoms with E-state index in [0.29, 0.717) is 12.1 Å². The van der Waals surface area contributed by atoms with Gasteiger partial charge in [-0.05, 0) is 42.2 Å². The van der Waals surface area contributed by atoms with Crippen LogP contribution in [0.4, 0.5) is 0 Å². The topological polar surface area (TPSA) is 21.3 Å². The zero-order valence-electron chi connectivity index (χ0n) is 8.53. The molecule has 14 heavy (non-hydrogen) atoms. The number of thiophene rings is 1. The van der Waals surface area contributed by atoms with Crippen molar-refractivity contribution in [1.82, 2.24) is 5.32 Å². The predicted octanol–water partition coefficient (Wildman–Crippen LogP) is 2.06. The maximum Gasteiger partial charge on any atom is 0.0620 e. The summed E-state index contributed by atoms with van der Waals surface area (Å²) in [4.78, 5) is 0. The third-order valence-corrected chi connectivity index (χ3v) is 3.30. The van der Waals surface area contributed by atoms with Crippen molar-refractivity contribution in [3.8, 4) is 0 Å². The number of rotatable bonds is 4. The fourth-order valence-corrected chi connectivity index (χ4v) is 2.57. The summed E-state index contributed by atoms with van der Waals surface area (Å²) >= 11 is 1.77. The molecule has 1 N–H and O–H groups in total. The molecule has 0 radical (unpaired) electrons. The highest BCUT2D eigenvalue weighted by atomic mass is 32.1. The monoisotopic (exact) mass is 211 g/mol. The third-order valence-electron chi connectivity index (χ3n) is 2.57. The van der Waals surface area contributed by atoms with E-state index in [9.17, 15) is 0 Å². The van der Waals surface area contributed by atoms with Crippen LogP contribution in [0.5, 0.6) is 0 Å². The van der Waals surface area contributed by atoms with Crippen molar-refractivity contribution in [3.63, 3.8) is 0 Å². The van der Waals surface area contributed by atoms with Crippen molar-refractivity contribution in [3.05, 3.63) is 22.4 Å². The molecule has 0 spiro atoms. The fraction of sp³-hybridized carbons (Fsp3) is 0.636. The van der Waals surface area contributed by atoms with Gasteiger partial charge in [0, 0.05) is 18.7 Å². The third kappa shape index (κ3) is 2.80. The Morgan fingerprint density at radius 2 is 2.64 bits per heavy atom. The molecule has 1 aliphatic rings. The van der Waals surface area contributed by atoms with E-state index in [1.54, 1.807) is 11.3 Å². The first kappa shape index (κ1) is 10.1. The Balaban J connectivity index is 1.75. The molecule has 3 heteroatoms. The lowest BCUT2D eigenvalue weighted by atomic mass is 10.1. The van der Waals surface area contributed by atoms with Crippen LogP contribution in [0.25, 0.3) is 0 Å². The molecule has 0 aromatic carbocycles. The molecule has 2 rings (SSSR count). The standard InChI is InChI=1S/C11H17NOS/c1-9(6-10-3-5-14-8-10)12-11-2-4-13-7-11/h3,5,8-9,11-12H,2,4,6-7H2,1H3. The predicted molar refractivity (Wildman–Crippen MR) is 59.8 cm³/mol. The highest BCUT2D eigenvalue weighted by Gasteiger charge is 2.17. The van der Waals surface area contributed by atoms with Gasteiger partial charge >= 0.3 is 0 Å². The van der Waals surface area contributed by atoms with Crippen LogP contribution in [0.3, 0.4) is 0 Å². The minimum Gasteiger partial charge on any atom is -0.380 e. The lowest BCUT2D eigenvalue weighted by Crippen LogP contribution is -2.37.